The third kappa shape index (κ3) is 1.78. The molecule has 0 aromatic carbocycles. The minimum Gasteiger partial charge on any atom is -0.481 e. The van der Waals surface area contributed by atoms with E-state index in [2.05, 4.69) is 4.74 Å². The lowest BCUT2D eigenvalue weighted by molar-refractivity contribution is -0.139. The minimum absolute atomic E-state index is 0.0703. The van der Waals surface area contributed by atoms with E-state index in [9.17, 15) is 9.59 Å². The summed E-state index contributed by atoms with van der Waals surface area (Å²) >= 11 is 0. The number of carbonyl (C=O) groups is 2. The quantitative estimate of drug-likeness (QED) is 0.544. The van der Waals surface area contributed by atoms with Gasteiger partial charge in [-0.3, -0.25) is 4.79 Å². The first kappa shape index (κ1) is 10.8. The lowest BCUT2D eigenvalue weighted by atomic mass is 10.1. The number of aliphatic carboxylic acids is 1. The first-order chi connectivity index (χ1) is 6.41. The molecule has 0 unspecified atom stereocenters. The van der Waals surface area contributed by atoms with Crippen molar-refractivity contribution in [3.63, 3.8) is 0 Å². The molecule has 1 N–H and O–H groups in total. The van der Waals surface area contributed by atoms with Gasteiger partial charge in [0, 0.05) is 6.08 Å². The molecule has 4 heteroatoms. The van der Waals surface area contributed by atoms with Crippen molar-refractivity contribution >= 4 is 11.9 Å². The Morgan fingerprint density at radius 2 is 2.00 bits per heavy atom. The van der Waals surface area contributed by atoms with Gasteiger partial charge in [0.15, 0.2) is 0 Å². The fourth-order valence-electron chi connectivity index (χ4n) is 1.76. The van der Waals surface area contributed by atoms with Crippen molar-refractivity contribution in [2.24, 2.45) is 17.3 Å². The van der Waals surface area contributed by atoms with Crippen molar-refractivity contribution in [1.82, 2.24) is 0 Å². The van der Waals surface area contributed by atoms with Gasteiger partial charge in [0.25, 0.3) is 0 Å². The molecule has 1 aliphatic rings. The van der Waals surface area contributed by atoms with Crippen LogP contribution in [0.4, 0.5) is 0 Å². The number of carboxylic acids is 1. The predicted molar refractivity (Wildman–Crippen MR) is 49.6 cm³/mol. The molecule has 0 bridgehead atoms. The van der Waals surface area contributed by atoms with E-state index in [1.165, 1.54) is 13.2 Å². The topological polar surface area (TPSA) is 63.6 Å². The zero-order valence-electron chi connectivity index (χ0n) is 8.48. The molecule has 4 nitrogen and oxygen atoms in total. The average Bonchev–Trinajstić information content (AvgIpc) is 2.64. The Kier molecular flexibility index (Phi) is 2.64. The van der Waals surface area contributed by atoms with E-state index in [0.29, 0.717) is 0 Å². The number of carbonyl (C=O) groups excluding carboxylic acids is 1. The molecule has 1 aliphatic carbocycles. The van der Waals surface area contributed by atoms with Crippen LogP contribution in [0.2, 0.25) is 0 Å². The molecule has 0 aromatic heterocycles. The van der Waals surface area contributed by atoms with Gasteiger partial charge in [0.2, 0.25) is 0 Å². The van der Waals surface area contributed by atoms with E-state index in [4.69, 9.17) is 5.11 Å². The van der Waals surface area contributed by atoms with Crippen molar-refractivity contribution in [1.29, 1.82) is 0 Å². The van der Waals surface area contributed by atoms with Gasteiger partial charge in [0.05, 0.1) is 13.0 Å². The zero-order chi connectivity index (χ0) is 10.9. The zero-order valence-corrected chi connectivity index (χ0v) is 8.48. The molecule has 0 aromatic rings. The summed E-state index contributed by atoms with van der Waals surface area (Å²) < 4.78 is 4.42. The molecule has 14 heavy (non-hydrogen) atoms. The third-order valence-electron chi connectivity index (χ3n) is 2.82. The first-order valence-corrected chi connectivity index (χ1v) is 4.40. The van der Waals surface area contributed by atoms with Crippen molar-refractivity contribution in [3.05, 3.63) is 12.2 Å². The van der Waals surface area contributed by atoms with Crippen LogP contribution in [0.5, 0.6) is 0 Å². The number of esters is 1. The highest BCUT2D eigenvalue weighted by Gasteiger charge is 2.60. The Morgan fingerprint density at radius 1 is 1.43 bits per heavy atom. The third-order valence-corrected chi connectivity index (χ3v) is 2.82. The number of rotatable bonds is 3. The van der Waals surface area contributed by atoms with Crippen molar-refractivity contribution in [2.75, 3.05) is 7.11 Å². The van der Waals surface area contributed by atoms with E-state index < -0.39 is 11.9 Å². The van der Waals surface area contributed by atoms with Gasteiger partial charge in [-0.15, -0.1) is 0 Å². The van der Waals surface area contributed by atoms with Gasteiger partial charge in [0.1, 0.15) is 0 Å². The summed E-state index contributed by atoms with van der Waals surface area (Å²) in [5, 5.41) is 8.83. The fraction of sp³-hybridized carbons (Fsp3) is 0.600. The number of hydrogen-bond donors (Lipinski definition) is 1. The average molecular weight is 198 g/mol. The van der Waals surface area contributed by atoms with Gasteiger partial charge in [-0.2, -0.15) is 0 Å². The molecule has 0 saturated heterocycles. The highest BCUT2D eigenvalue weighted by Crippen LogP contribution is 2.58. The Morgan fingerprint density at radius 3 is 2.36 bits per heavy atom. The summed E-state index contributed by atoms with van der Waals surface area (Å²) in [5.74, 6) is -1.71. The molecule has 0 heterocycles. The Hall–Kier alpha value is -1.32. The Labute approximate surface area is 82.6 Å². The van der Waals surface area contributed by atoms with Crippen LogP contribution in [-0.4, -0.2) is 24.2 Å². The summed E-state index contributed by atoms with van der Waals surface area (Å²) in [6, 6.07) is 0. The highest BCUT2D eigenvalue weighted by molar-refractivity contribution is 5.82. The fourth-order valence-corrected chi connectivity index (χ4v) is 1.76. The van der Waals surface area contributed by atoms with Gasteiger partial charge in [-0.1, -0.05) is 19.9 Å². The van der Waals surface area contributed by atoms with Crippen LogP contribution in [0, 0.1) is 17.3 Å². The van der Waals surface area contributed by atoms with Gasteiger partial charge >= 0.3 is 11.9 Å². The number of hydrogen-bond acceptors (Lipinski definition) is 3. The molecular formula is C10H14O4. The van der Waals surface area contributed by atoms with Crippen LogP contribution in [0.3, 0.4) is 0 Å². The Balaban J connectivity index is 2.61. The van der Waals surface area contributed by atoms with Gasteiger partial charge < -0.3 is 9.84 Å². The molecule has 1 rings (SSSR count). The van der Waals surface area contributed by atoms with Crippen molar-refractivity contribution < 1.29 is 19.4 Å². The summed E-state index contributed by atoms with van der Waals surface area (Å²) in [6.07, 6.45) is 2.90. The minimum atomic E-state index is -0.811. The van der Waals surface area contributed by atoms with Crippen LogP contribution < -0.4 is 0 Å². The van der Waals surface area contributed by atoms with Crippen LogP contribution in [0.25, 0.3) is 0 Å². The number of allylic oxidation sites excluding steroid dienone is 1. The highest BCUT2D eigenvalue weighted by atomic mass is 16.5. The maximum atomic E-state index is 10.8. The lowest BCUT2D eigenvalue weighted by Crippen LogP contribution is -2.03. The van der Waals surface area contributed by atoms with Gasteiger partial charge in [-0.25, -0.2) is 4.79 Å². The van der Waals surface area contributed by atoms with Crippen LogP contribution in [0.1, 0.15) is 13.8 Å². The van der Waals surface area contributed by atoms with Crippen molar-refractivity contribution in [3.8, 4) is 0 Å². The second-order valence-corrected chi connectivity index (χ2v) is 4.05. The summed E-state index contributed by atoms with van der Waals surface area (Å²) in [5.41, 5.74) is -0.254. The summed E-state index contributed by atoms with van der Waals surface area (Å²) in [6.45, 7) is 3.75. The second kappa shape index (κ2) is 3.44. The Bertz CT molecular complexity index is 290. The molecule has 1 saturated carbocycles. The summed E-state index contributed by atoms with van der Waals surface area (Å²) in [7, 11) is 1.29. The standard InChI is InChI=1S/C10H14O4/c1-10(2)6(8(10)9(12)13)4-5-7(11)14-3/h4-6,8H,1-3H3,(H,12,13)/b5-4+/t6-,8-/m1/s1. The van der Waals surface area contributed by atoms with E-state index in [-0.39, 0.29) is 17.3 Å². The maximum absolute atomic E-state index is 10.8. The summed E-state index contributed by atoms with van der Waals surface area (Å²) in [4.78, 5) is 21.5. The normalized spacial score (nSPS) is 28.8. The number of methoxy groups -OCH3 is 1. The molecular weight excluding hydrogens is 184 g/mol. The van der Waals surface area contributed by atoms with E-state index >= 15 is 0 Å². The number of carboxylic acid groups (broad SMARTS) is 1. The smallest absolute Gasteiger partial charge is 0.330 e. The molecule has 0 amide bonds. The molecule has 1 fully saturated rings. The molecule has 0 spiro atoms. The van der Waals surface area contributed by atoms with Crippen LogP contribution >= 0.6 is 0 Å². The second-order valence-electron chi connectivity index (χ2n) is 4.05. The van der Waals surface area contributed by atoms with Crippen LogP contribution in [-0.2, 0) is 14.3 Å². The molecule has 78 valence electrons. The number of ether oxygens (including phenoxy) is 1. The van der Waals surface area contributed by atoms with E-state index in [1.54, 1.807) is 6.08 Å². The SMILES string of the molecule is COC(=O)/C=C/[C@@H]1[C@H](C(=O)O)C1(C)C. The van der Waals surface area contributed by atoms with E-state index in [0.717, 1.165) is 0 Å². The van der Waals surface area contributed by atoms with Crippen molar-refractivity contribution in [2.45, 2.75) is 13.8 Å². The lowest BCUT2D eigenvalue weighted by Gasteiger charge is -1.96. The molecule has 2 atom stereocenters. The van der Waals surface area contributed by atoms with Gasteiger partial charge in [-0.05, 0) is 11.3 Å². The van der Waals surface area contributed by atoms with Crippen LogP contribution in [0.15, 0.2) is 12.2 Å². The molecule has 0 radical (unpaired) electrons. The monoisotopic (exact) mass is 198 g/mol. The largest absolute Gasteiger partial charge is 0.481 e. The molecule has 0 aliphatic heterocycles. The predicted octanol–water partition coefficient (Wildman–Crippen LogP) is 1.07. The maximum Gasteiger partial charge on any atom is 0.330 e. The first-order valence-electron chi connectivity index (χ1n) is 4.40. The van der Waals surface area contributed by atoms with E-state index in [1.807, 2.05) is 13.8 Å².